The Labute approximate surface area is 152 Å². The minimum atomic E-state index is -0.0306. The summed E-state index contributed by atoms with van der Waals surface area (Å²) in [7, 11) is 1.75. The van der Waals surface area contributed by atoms with Gasteiger partial charge in [0, 0.05) is 32.2 Å². The summed E-state index contributed by atoms with van der Waals surface area (Å²) in [5.41, 5.74) is 2.20. The number of carbonyl (C=O) groups is 1. The van der Waals surface area contributed by atoms with Gasteiger partial charge in [-0.2, -0.15) is 5.26 Å². The molecule has 1 saturated heterocycles. The summed E-state index contributed by atoms with van der Waals surface area (Å²) in [6.45, 7) is 3.52. The number of hydrogen-bond acceptors (Lipinski definition) is 5. The first-order valence-electron chi connectivity index (χ1n) is 8.35. The molecule has 1 aliphatic rings. The van der Waals surface area contributed by atoms with Crippen molar-refractivity contribution < 1.29 is 9.53 Å². The van der Waals surface area contributed by atoms with Gasteiger partial charge in [-0.15, -0.1) is 11.3 Å². The summed E-state index contributed by atoms with van der Waals surface area (Å²) in [6, 6.07) is 14.2. The van der Waals surface area contributed by atoms with E-state index in [0.29, 0.717) is 31.1 Å². The number of morpholine rings is 1. The molecule has 0 bridgehead atoms. The smallest absolute Gasteiger partial charge is 0.263 e. The molecule has 1 fully saturated rings. The van der Waals surface area contributed by atoms with E-state index in [4.69, 9.17) is 10.00 Å². The molecular weight excluding hydrogens is 334 g/mol. The van der Waals surface area contributed by atoms with Crippen LogP contribution in [0.1, 0.15) is 16.1 Å². The maximum atomic E-state index is 12.7. The zero-order chi connectivity index (χ0) is 17.6. The molecule has 0 saturated carbocycles. The Hall–Kier alpha value is -2.36. The number of nitriles is 1. The molecule has 2 heterocycles. The summed E-state index contributed by atoms with van der Waals surface area (Å²) in [5, 5.41) is 9.85. The second-order valence-corrected chi connectivity index (χ2v) is 6.96. The third kappa shape index (κ3) is 4.01. The van der Waals surface area contributed by atoms with E-state index in [0.717, 1.165) is 29.2 Å². The predicted octanol–water partition coefficient (Wildman–Crippen LogP) is 3.24. The fraction of sp³-hybridized carbons (Fsp3) is 0.368. The molecule has 0 N–H and O–H groups in total. The molecule has 2 aromatic rings. The highest BCUT2D eigenvalue weighted by Gasteiger charge is 2.23. The van der Waals surface area contributed by atoms with Crippen LogP contribution in [0.3, 0.4) is 0 Å². The van der Waals surface area contributed by atoms with Crippen LogP contribution in [-0.4, -0.2) is 50.7 Å². The lowest BCUT2D eigenvalue weighted by molar-refractivity contribution is 0.0803. The lowest BCUT2D eigenvalue weighted by Gasteiger charge is -2.28. The van der Waals surface area contributed by atoms with Crippen molar-refractivity contribution in [2.75, 3.05) is 44.8 Å². The standard InChI is InChI=1S/C19H21N3O2S/c1-21(9-5-8-20)18(23)17-14-16(15-6-3-2-4-7-15)19(25-17)22-10-12-24-13-11-22/h2-4,6-7,14H,5,9-13H2,1H3. The van der Waals surface area contributed by atoms with Crippen LogP contribution < -0.4 is 4.90 Å². The van der Waals surface area contributed by atoms with Crippen LogP contribution in [0.4, 0.5) is 5.00 Å². The number of anilines is 1. The normalized spacial score (nSPS) is 14.2. The molecule has 0 aliphatic carbocycles. The Bertz CT molecular complexity index is 761. The fourth-order valence-electron chi connectivity index (χ4n) is 2.82. The molecule has 0 unspecified atom stereocenters. The largest absolute Gasteiger partial charge is 0.378 e. The molecule has 0 atom stereocenters. The van der Waals surface area contributed by atoms with Crippen molar-refractivity contribution in [3.63, 3.8) is 0 Å². The fourth-order valence-corrected chi connectivity index (χ4v) is 4.05. The van der Waals surface area contributed by atoms with Crippen molar-refractivity contribution in [1.82, 2.24) is 4.90 Å². The first-order valence-corrected chi connectivity index (χ1v) is 9.16. The van der Waals surface area contributed by atoms with E-state index < -0.39 is 0 Å². The van der Waals surface area contributed by atoms with Crippen molar-refractivity contribution in [2.45, 2.75) is 6.42 Å². The second-order valence-electron chi connectivity index (χ2n) is 5.93. The Morgan fingerprint density at radius 3 is 2.72 bits per heavy atom. The molecule has 0 radical (unpaired) electrons. The summed E-state index contributed by atoms with van der Waals surface area (Å²) >= 11 is 1.53. The average molecular weight is 355 g/mol. The van der Waals surface area contributed by atoms with Crippen LogP contribution in [0.25, 0.3) is 11.1 Å². The number of nitrogens with zero attached hydrogens (tertiary/aromatic N) is 3. The molecule has 5 nitrogen and oxygen atoms in total. The van der Waals surface area contributed by atoms with Gasteiger partial charge in [0.05, 0.1) is 35.6 Å². The first-order chi connectivity index (χ1) is 12.2. The predicted molar refractivity (Wildman–Crippen MR) is 100.0 cm³/mol. The molecule has 1 aromatic carbocycles. The van der Waals surface area contributed by atoms with E-state index in [2.05, 4.69) is 23.1 Å². The van der Waals surface area contributed by atoms with E-state index in [1.54, 1.807) is 11.9 Å². The summed E-state index contributed by atoms with van der Waals surface area (Å²) in [5.74, 6) is -0.0306. The highest BCUT2D eigenvalue weighted by Crippen LogP contribution is 2.39. The van der Waals surface area contributed by atoms with E-state index in [1.165, 1.54) is 11.3 Å². The molecule has 6 heteroatoms. The molecule has 0 spiro atoms. The molecule has 1 aromatic heterocycles. The van der Waals surface area contributed by atoms with Gasteiger partial charge in [0.15, 0.2) is 0 Å². The van der Waals surface area contributed by atoms with Crippen molar-refractivity contribution >= 4 is 22.2 Å². The Kier molecular flexibility index (Phi) is 5.69. The van der Waals surface area contributed by atoms with Gasteiger partial charge in [-0.25, -0.2) is 0 Å². The molecule has 1 aliphatic heterocycles. The van der Waals surface area contributed by atoms with E-state index in [1.807, 2.05) is 24.3 Å². The molecule has 25 heavy (non-hydrogen) atoms. The minimum Gasteiger partial charge on any atom is -0.378 e. The van der Waals surface area contributed by atoms with Crippen LogP contribution in [0, 0.1) is 11.3 Å². The number of thiophene rings is 1. The molecular formula is C19H21N3O2S. The maximum absolute atomic E-state index is 12.7. The third-order valence-electron chi connectivity index (χ3n) is 4.21. The van der Waals surface area contributed by atoms with E-state index in [-0.39, 0.29) is 5.91 Å². The Morgan fingerprint density at radius 1 is 1.32 bits per heavy atom. The molecule has 130 valence electrons. The van der Waals surface area contributed by atoms with Gasteiger partial charge in [-0.3, -0.25) is 4.79 Å². The van der Waals surface area contributed by atoms with Gasteiger partial charge in [0.25, 0.3) is 5.91 Å². The van der Waals surface area contributed by atoms with Gasteiger partial charge in [-0.05, 0) is 11.6 Å². The van der Waals surface area contributed by atoms with Gasteiger partial charge in [0.2, 0.25) is 0 Å². The van der Waals surface area contributed by atoms with Gasteiger partial charge < -0.3 is 14.5 Å². The van der Waals surface area contributed by atoms with Gasteiger partial charge >= 0.3 is 0 Å². The lowest BCUT2D eigenvalue weighted by atomic mass is 10.1. The highest BCUT2D eigenvalue weighted by atomic mass is 32.1. The second kappa shape index (κ2) is 8.15. The monoisotopic (exact) mass is 355 g/mol. The number of hydrogen-bond donors (Lipinski definition) is 0. The molecule has 3 rings (SSSR count). The number of ether oxygens (including phenoxy) is 1. The number of benzene rings is 1. The van der Waals surface area contributed by atoms with Crippen LogP contribution in [0.15, 0.2) is 36.4 Å². The topological polar surface area (TPSA) is 56.6 Å². The number of carbonyl (C=O) groups excluding carboxylic acids is 1. The van der Waals surface area contributed by atoms with Gasteiger partial charge in [-0.1, -0.05) is 30.3 Å². The first kappa shape index (κ1) is 17.5. The van der Waals surface area contributed by atoms with Crippen LogP contribution >= 0.6 is 11.3 Å². The lowest BCUT2D eigenvalue weighted by Crippen LogP contribution is -2.35. The average Bonchev–Trinajstić information content (AvgIpc) is 3.12. The van der Waals surface area contributed by atoms with Gasteiger partial charge in [0.1, 0.15) is 0 Å². The number of rotatable bonds is 5. The Balaban J connectivity index is 1.94. The van der Waals surface area contributed by atoms with Crippen molar-refractivity contribution in [2.24, 2.45) is 0 Å². The SMILES string of the molecule is CN(CCC#N)C(=O)c1cc(-c2ccccc2)c(N2CCOCC2)s1. The van der Waals surface area contributed by atoms with Crippen LogP contribution in [0.5, 0.6) is 0 Å². The van der Waals surface area contributed by atoms with Crippen LogP contribution in [0.2, 0.25) is 0 Å². The van der Waals surface area contributed by atoms with Crippen molar-refractivity contribution in [3.05, 3.63) is 41.3 Å². The van der Waals surface area contributed by atoms with E-state index >= 15 is 0 Å². The quantitative estimate of drug-likeness (QED) is 0.826. The summed E-state index contributed by atoms with van der Waals surface area (Å²) < 4.78 is 5.46. The summed E-state index contributed by atoms with van der Waals surface area (Å²) in [4.78, 5) is 17.3. The third-order valence-corrected chi connectivity index (χ3v) is 5.40. The van der Waals surface area contributed by atoms with E-state index in [9.17, 15) is 4.79 Å². The zero-order valence-corrected chi connectivity index (χ0v) is 15.1. The molecule has 1 amide bonds. The minimum absolute atomic E-state index is 0.0306. The van der Waals surface area contributed by atoms with Crippen molar-refractivity contribution in [3.8, 4) is 17.2 Å². The zero-order valence-electron chi connectivity index (χ0n) is 14.3. The Morgan fingerprint density at radius 2 is 2.04 bits per heavy atom. The van der Waals surface area contributed by atoms with Crippen LogP contribution in [-0.2, 0) is 4.74 Å². The maximum Gasteiger partial charge on any atom is 0.263 e. The highest BCUT2D eigenvalue weighted by molar-refractivity contribution is 7.18. The van der Waals surface area contributed by atoms with Crippen molar-refractivity contribution in [1.29, 1.82) is 5.26 Å². The summed E-state index contributed by atoms with van der Waals surface area (Å²) in [6.07, 6.45) is 0.343. The number of amides is 1.